The summed E-state index contributed by atoms with van der Waals surface area (Å²) >= 11 is 0. The van der Waals surface area contributed by atoms with Gasteiger partial charge in [0.2, 0.25) is 0 Å². The Hall–Kier alpha value is -1.51. The molecule has 0 atom stereocenters. The van der Waals surface area contributed by atoms with Crippen LogP contribution < -0.4 is 0 Å². The lowest BCUT2D eigenvalue weighted by Crippen LogP contribution is -2.14. The maximum absolute atomic E-state index is 10.8. The van der Waals surface area contributed by atoms with Gasteiger partial charge in [-0.05, 0) is 47.3 Å². The predicted octanol–water partition coefficient (Wildman–Crippen LogP) is 4.36. The molecule has 3 nitrogen and oxygen atoms in total. The molecule has 0 unspecified atom stereocenters. The van der Waals surface area contributed by atoms with Crippen molar-refractivity contribution < 1.29 is 15.0 Å². The van der Waals surface area contributed by atoms with E-state index < -0.39 is 5.97 Å². The Bertz CT molecular complexity index is 520. The summed E-state index contributed by atoms with van der Waals surface area (Å²) in [6.45, 7) is 6.25. The number of carboxylic acids is 1. The van der Waals surface area contributed by atoms with Crippen LogP contribution in [-0.4, -0.2) is 16.2 Å². The van der Waals surface area contributed by atoms with Gasteiger partial charge >= 0.3 is 5.97 Å². The number of carbonyl (C=O) groups is 1. The van der Waals surface area contributed by atoms with Crippen LogP contribution in [0.2, 0.25) is 0 Å². The van der Waals surface area contributed by atoms with E-state index in [4.69, 9.17) is 5.11 Å². The van der Waals surface area contributed by atoms with Crippen molar-refractivity contribution in [2.75, 3.05) is 0 Å². The number of carboxylic acid groups (broad SMARTS) is 1. The molecule has 2 N–H and O–H groups in total. The van der Waals surface area contributed by atoms with Crippen LogP contribution >= 0.6 is 0 Å². The highest BCUT2D eigenvalue weighted by molar-refractivity contribution is 5.67. The Kier molecular flexibility index (Phi) is 4.60. The van der Waals surface area contributed by atoms with Gasteiger partial charge < -0.3 is 10.2 Å². The van der Waals surface area contributed by atoms with E-state index in [9.17, 15) is 9.90 Å². The van der Waals surface area contributed by atoms with Crippen molar-refractivity contribution in [1.29, 1.82) is 0 Å². The van der Waals surface area contributed by atoms with Crippen LogP contribution in [0.3, 0.4) is 0 Å². The molecule has 1 aliphatic rings. The topological polar surface area (TPSA) is 57.5 Å². The highest BCUT2D eigenvalue weighted by Crippen LogP contribution is 2.43. The van der Waals surface area contributed by atoms with Crippen LogP contribution in [0.15, 0.2) is 12.1 Å². The number of rotatable bonds is 4. The molecule has 1 fully saturated rings. The van der Waals surface area contributed by atoms with Crippen molar-refractivity contribution >= 4 is 5.97 Å². The van der Waals surface area contributed by atoms with Gasteiger partial charge in [0.15, 0.2) is 0 Å². The summed E-state index contributed by atoms with van der Waals surface area (Å²) in [5.74, 6) is 0.0761. The summed E-state index contributed by atoms with van der Waals surface area (Å²) in [5.41, 5.74) is 2.85. The average Bonchev–Trinajstić information content (AvgIpc) is 2.89. The number of phenolic OH excluding ortho intramolecular Hbond substituents is 1. The first-order valence-electron chi connectivity index (χ1n) is 7.87. The van der Waals surface area contributed by atoms with Gasteiger partial charge in [-0.3, -0.25) is 4.79 Å². The molecule has 1 aromatic carbocycles. The minimum absolute atomic E-state index is 0.137. The van der Waals surface area contributed by atoms with Crippen molar-refractivity contribution in [2.24, 2.45) is 0 Å². The summed E-state index contributed by atoms with van der Waals surface area (Å²) in [5, 5.41) is 19.6. The maximum atomic E-state index is 10.8. The van der Waals surface area contributed by atoms with E-state index >= 15 is 0 Å². The van der Waals surface area contributed by atoms with Crippen molar-refractivity contribution in [2.45, 2.75) is 70.6 Å². The van der Waals surface area contributed by atoms with Crippen molar-refractivity contribution in [3.05, 3.63) is 28.8 Å². The largest absolute Gasteiger partial charge is 0.507 e. The zero-order chi connectivity index (χ0) is 15.6. The van der Waals surface area contributed by atoms with E-state index in [1.807, 2.05) is 12.1 Å². The van der Waals surface area contributed by atoms with Crippen molar-refractivity contribution in [3.63, 3.8) is 0 Å². The van der Waals surface area contributed by atoms with Gasteiger partial charge in [-0.2, -0.15) is 0 Å². The van der Waals surface area contributed by atoms with Crippen LogP contribution in [0.5, 0.6) is 5.75 Å². The van der Waals surface area contributed by atoms with Crippen LogP contribution in [0.25, 0.3) is 0 Å². The van der Waals surface area contributed by atoms with Gasteiger partial charge in [-0.25, -0.2) is 0 Å². The second-order valence-electron chi connectivity index (χ2n) is 7.21. The lowest BCUT2D eigenvalue weighted by Gasteiger charge is -2.25. The normalized spacial score (nSPS) is 16.3. The Labute approximate surface area is 127 Å². The van der Waals surface area contributed by atoms with E-state index in [-0.39, 0.29) is 11.8 Å². The molecule has 3 heteroatoms. The minimum atomic E-state index is -0.775. The SMILES string of the molecule is CC(C)(C)c1cc(CCC(=O)O)cc(C2CCCC2)c1O. The predicted molar refractivity (Wildman–Crippen MR) is 84.0 cm³/mol. The number of aliphatic carboxylic acids is 1. The fourth-order valence-electron chi connectivity index (χ4n) is 3.23. The van der Waals surface area contributed by atoms with Gasteiger partial charge in [0, 0.05) is 6.42 Å². The fraction of sp³-hybridized carbons (Fsp3) is 0.611. The third-order valence-corrected chi connectivity index (χ3v) is 4.43. The molecule has 1 aliphatic carbocycles. The number of hydrogen-bond donors (Lipinski definition) is 2. The molecule has 0 radical (unpaired) electrons. The minimum Gasteiger partial charge on any atom is -0.507 e. The first kappa shape index (κ1) is 15.9. The van der Waals surface area contributed by atoms with E-state index in [2.05, 4.69) is 20.8 Å². The molecule has 0 bridgehead atoms. The van der Waals surface area contributed by atoms with E-state index in [1.54, 1.807) is 0 Å². The third kappa shape index (κ3) is 3.78. The number of benzene rings is 1. The maximum Gasteiger partial charge on any atom is 0.303 e. The van der Waals surface area contributed by atoms with Crippen LogP contribution in [0, 0.1) is 0 Å². The second-order valence-corrected chi connectivity index (χ2v) is 7.21. The fourth-order valence-corrected chi connectivity index (χ4v) is 3.23. The zero-order valence-electron chi connectivity index (χ0n) is 13.3. The molecule has 116 valence electrons. The molecule has 21 heavy (non-hydrogen) atoms. The van der Waals surface area contributed by atoms with Crippen LogP contribution in [0.4, 0.5) is 0 Å². The van der Waals surface area contributed by atoms with Crippen molar-refractivity contribution in [1.82, 2.24) is 0 Å². The lowest BCUT2D eigenvalue weighted by molar-refractivity contribution is -0.136. The third-order valence-electron chi connectivity index (χ3n) is 4.43. The van der Waals surface area contributed by atoms with Gasteiger partial charge in [0.1, 0.15) is 5.75 Å². The smallest absolute Gasteiger partial charge is 0.303 e. The van der Waals surface area contributed by atoms with Crippen LogP contribution in [0.1, 0.15) is 75.5 Å². The average molecular weight is 290 g/mol. The van der Waals surface area contributed by atoms with Gasteiger partial charge in [-0.15, -0.1) is 0 Å². The monoisotopic (exact) mass is 290 g/mol. The number of aromatic hydroxyl groups is 1. The molecule has 0 heterocycles. The molecule has 0 aromatic heterocycles. The Morgan fingerprint density at radius 1 is 1.24 bits per heavy atom. The summed E-state index contributed by atoms with van der Waals surface area (Å²) in [6.07, 6.45) is 5.35. The number of hydrogen-bond acceptors (Lipinski definition) is 2. The van der Waals surface area contributed by atoms with E-state index in [1.165, 1.54) is 12.8 Å². The summed E-state index contributed by atoms with van der Waals surface area (Å²) in [6, 6.07) is 4.01. The zero-order valence-corrected chi connectivity index (χ0v) is 13.3. The Morgan fingerprint density at radius 3 is 2.38 bits per heavy atom. The highest BCUT2D eigenvalue weighted by Gasteiger charge is 2.26. The van der Waals surface area contributed by atoms with Gasteiger partial charge in [-0.1, -0.05) is 45.7 Å². The molecule has 0 amide bonds. The molecule has 1 aromatic rings. The first-order chi connectivity index (χ1) is 9.79. The summed E-state index contributed by atoms with van der Waals surface area (Å²) in [7, 11) is 0. The molecule has 0 spiro atoms. The Balaban J connectivity index is 2.42. The molecular weight excluding hydrogens is 264 g/mol. The lowest BCUT2D eigenvalue weighted by atomic mass is 9.81. The van der Waals surface area contributed by atoms with E-state index in [0.29, 0.717) is 18.1 Å². The van der Waals surface area contributed by atoms with Gasteiger partial charge in [0.25, 0.3) is 0 Å². The number of aryl methyl sites for hydroxylation is 1. The standard InChI is InChI=1S/C18H26O3/c1-18(2,3)15-11-12(8-9-16(19)20)10-14(17(15)21)13-6-4-5-7-13/h10-11,13,21H,4-9H2,1-3H3,(H,19,20). The second kappa shape index (κ2) is 6.08. The molecule has 1 saturated carbocycles. The summed E-state index contributed by atoms with van der Waals surface area (Å²) in [4.78, 5) is 10.8. The van der Waals surface area contributed by atoms with Crippen molar-refractivity contribution in [3.8, 4) is 5.75 Å². The number of phenols is 1. The summed E-state index contributed by atoms with van der Waals surface area (Å²) < 4.78 is 0. The first-order valence-corrected chi connectivity index (χ1v) is 7.87. The molecule has 0 aliphatic heterocycles. The Morgan fingerprint density at radius 2 is 1.86 bits per heavy atom. The quantitative estimate of drug-likeness (QED) is 0.866. The molecule has 0 saturated heterocycles. The highest BCUT2D eigenvalue weighted by atomic mass is 16.4. The molecule has 2 rings (SSSR count). The van der Waals surface area contributed by atoms with Gasteiger partial charge in [0.05, 0.1) is 0 Å². The van der Waals surface area contributed by atoms with Crippen LogP contribution in [-0.2, 0) is 16.6 Å². The van der Waals surface area contributed by atoms with E-state index in [0.717, 1.165) is 29.5 Å². The molecular formula is C18H26O3.